The Balaban J connectivity index is 3.47. The van der Waals surface area contributed by atoms with E-state index in [1.54, 1.807) is 0 Å². The molecule has 0 saturated carbocycles. The monoisotopic (exact) mass is 192 g/mol. The number of aliphatic hydroxyl groups excluding tert-OH is 1. The van der Waals surface area contributed by atoms with Gasteiger partial charge in [-0.2, -0.15) is 0 Å². The summed E-state index contributed by atoms with van der Waals surface area (Å²) in [7, 11) is 0. The summed E-state index contributed by atoms with van der Waals surface area (Å²) in [6.07, 6.45) is 0.629. The maximum Gasteiger partial charge on any atom is 0.367 e. The zero-order valence-electron chi connectivity index (χ0n) is 7.79. The van der Waals surface area contributed by atoms with Crippen LogP contribution in [0.1, 0.15) is 27.2 Å². The zero-order chi connectivity index (χ0) is 9.61. The lowest BCUT2D eigenvalue weighted by molar-refractivity contribution is 0.0738. The van der Waals surface area contributed by atoms with Gasteiger partial charge >= 0.3 is 5.30 Å². The maximum absolute atomic E-state index is 11.0. The summed E-state index contributed by atoms with van der Waals surface area (Å²) in [4.78, 5) is 11.0. The fourth-order valence-corrected chi connectivity index (χ4v) is 1.25. The molecule has 0 aromatic heterocycles. The van der Waals surface area contributed by atoms with Gasteiger partial charge in [-0.15, -0.1) is 0 Å². The van der Waals surface area contributed by atoms with Crippen molar-refractivity contribution in [3.63, 3.8) is 0 Å². The summed E-state index contributed by atoms with van der Waals surface area (Å²) in [5, 5.41) is 8.18. The van der Waals surface area contributed by atoms with Gasteiger partial charge in [0.25, 0.3) is 0 Å². The van der Waals surface area contributed by atoms with Crippen molar-refractivity contribution in [2.24, 2.45) is 0 Å². The highest BCUT2D eigenvalue weighted by Gasteiger charge is 2.15. The molecule has 0 saturated heterocycles. The van der Waals surface area contributed by atoms with Crippen LogP contribution in [0.5, 0.6) is 0 Å². The minimum Gasteiger partial charge on any atom is -0.452 e. The van der Waals surface area contributed by atoms with Crippen LogP contribution in [0.3, 0.4) is 0 Å². The molecule has 0 aromatic carbocycles. The summed E-state index contributed by atoms with van der Waals surface area (Å²) in [5.41, 5.74) is -0.413. The first kappa shape index (κ1) is 11.8. The van der Waals surface area contributed by atoms with Crippen molar-refractivity contribution in [2.75, 3.05) is 12.4 Å². The quantitative estimate of drug-likeness (QED) is 0.549. The molecule has 0 bridgehead atoms. The average Bonchev–Trinajstić information content (AvgIpc) is 1.84. The summed E-state index contributed by atoms with van der Waals surface area (Å²) < 4.78 is 5.03. The van der Waals surface area contributed by atoms with Gasteiger partial charge < -0.3 is 9.84 Å². The highest BCUT2D eigenvalue weighted by atomic mass is 32.2. The van der Waals surface area contributed by atoms with E-state index in [0.29, 0.717) is 12.2 Å². The number of carbonyl (C=O) groups excluding carboxylic acids is 1. The summed E-state index contributed by atoms with van der Waals surface area (Å²) >= 11 is 1.11. The number of hydrogen-bond donors (Lipinski definition) is 1. The van der Waals surface area contributed by atoms with Crippen molar-refractivity contribution in [3.8, 4) is 0 Å². The number of hydrogen-bond acceptors (Lipinski definition) is 4. The van der Waals surface area contributed by atoms with Gasteiger partial charge in [-0.3, -0.25) is 0 Å². The molecular formula is C8H16O3S. The zero-order valence-corrected chi connectivity index (χ0v) is 8.61. The summed E-state index contributed by atoms with van der Waals surface area (Å²) in [5.74, 6) is 0.616. The number of carbonyl (C=O) groups is 1. The van der Waals surface area contributed by atoms with E-state index in [9.17, 15) is 4.79 Å². The van der Waals surface area contributed by atoms with Crippen LogP contribution >= 0.6 is 11.8 Å². The smallest absolute Gasteiger partial charge is 0.367 e. The van der Waals surface area contributed by atoms with Crippen LogP contribution in [-0.2, 0) is 4.74 Å². The Hall–Kier alpha value is -0.220. The van der Waals surface area contributed by atoms with E-state index in [0.717, 1.165) is 11.8 Å². The summed E-state index contributed by atoms with van der Waals surface area (Å²) in [6.45, 7) is 5.61. The number of thioether (sulfide) groups is 1. The van der Waals surface area contributed by atoms with Crippen LogP contribution in [0.25, 0.3) is 0 Å². The second kappa shape index (κ2) is 5.43. The molecule has 4 heteroatoms. The van der Waals surface area contributed by atoms with Crippen LogP contribution in [-0.4, -0.2) is 28.4 Å². The van der Waals surface area contributed by atoms with Crippen LogP contribution in [0.15, 0.2) is 0 Å². The normalized spacial score (nSPS) is 11.3. The highest BCUT2D eigenvalue weighted by Crippen LogP contribution is 2.14. The van der Waals surface area contributed by atoms with E-state index in [-0.39, 0.29) is 11.9 Å². The second-order valence-corrected chi connectivity index (χ2v) is 4.42. The fourth-order valence-electron chi connectivity index (χ4n) is 0.500. The van der Waals surface area contributed by atoms with Gasteiger partial charge in [-0.25, -0.2) is 4.79 Å². The highest BCUT2D eigenvalue weighted by molar-refractivity contribution is 8.13. The molecule has 0 atom stereocenters. The van der Waals surface area contributed by atoms with Crippen LogP contribution in [0, 0.1) is 0 Å². The molecule has 0 unspecified atom stereocenters. The van der Waals surface area contributed by atoms with E-state index in [4.69, 9.17) is 9.84 Å². The Morgan fingerprint density at radius 2 is 2.08 bits per heavy atom. The lowest BCUT2D eigenvalue weighted by Crippen LogP contribution is -2.21. The molecule has 0 rings (SSSR count). The van der Waals surface area contributed by atoms with E-state index in [1.807, 2.05) is 20.8 Å². The van der Waals surface area contributed by atoms with Crippen molar-refractivity contribution in [2.45, 2.75) is 32.8 Å². The van der Waals surface area contributed by atoms with Crippen molar-refractivity contribution in [1.82, 2.24) is 0 Å². The molecule has 0 radical (unpaired) electrons. The molecule has 12 heavy (non-hydrogen) atoms. The molecule has 72 valence electrons. The van der Waals surface area contributed by atoms with Crippen molar-refractivity contribution in [3.05, 3.63) is 0 Å². The minimum atomic E-state index is -0.413. The van der Waals surface area contributed by atoms with E-state index in [1.165, 1.54) is 0 Å². The Morgan fingerprint density at radius 1 is 1.50 bits per heavy atom. The largest absolute Gasteiger partial charge is 0.452 e. The molecule has 3 nitrogen and oxygen atoms in total. The van der Waals surface area contributed by atoms with Gasteiger partial charge in [0.1, 0.15) is 5.60 Å². The lowest BCUT2D eigenvalue weighted by atomic mass is 10.2. The average molecular weight is 192 g/mol. The summed E-state index contributed by atoms with van der Waals surface area (Å²) in [6, 6.07) is 0. The van der Waals surface area contributed by atoms with Gasteiger partial charge in [0.2, 0.25) is 0 Å². The number of ether oxygens (including phenoxy) is 1. The molecular weight excluding hydrogens is 176 g/mol. The number of aliphatic hydroxyl groups is 1. The van der Waals surface area contributed by atoms with Gasteiger partial charge in [0.15, 0.2) is 0 Å². The molecule has 0 aliphatic rings. The lowest BCUT2D eigenvalue weighted by Gasteiger charge is -2.18. The fraction of sp³-hybridized carbons (Fsp3) is 0.875. The van der Waals surface area contributed by atoms with Gasteiger partial charge in [-0.05, 0) is 39.0 Å². The molecule has 0 spiro atoms. The standard InChI is InChI=1S/C8H16O3S/c1-8(2,3)11-7(10)12-6-4-5-9/h9H,4-6H2,1-3H3. The van der Waals surface area contributed by atoms with Crippen LogP contribution < -0.4 is 0 Å². The Labute approximate surface area is 77.5 Å². The predicted octanol–water partition coefficient (Wildman–Crippen LogP) is 2.04. The molecule has 0 amide bonds. The van der Waals surface area contributed by atoms with Crippen molar-refractivity contribution >= 4 is 17.1 Å². The molecule has 0 aliphatic carbocycles. The third kappa shape index (κ3) is 7.88. The molecule has 0 aromatic rings. The van der Waals surface area contributed by atoms with Gasteiger partial charge in [0.05, 0.1) is 0 Å². The van der Waals surface area contributed by atoms with E-state index >= 15 is 0 Å². The Morgan fingerprint density at radius 3 is 2.50 bits per heavy atom. The van der Waals surface area contributed by atoms with E-state index < -0.39 is 5.60 Å². The third-order valence-corrected chi connectivity index (χ3v) is 1.72. The molecule has 0 heterocycles. The van der Waals surface area contributed by atoms with Gasteiger partial charge in [0, 0.05) is 12.4 Å². The van der Waals surface area contributed by atoms with Gasteiger partial charge in [-0.1, -0.05) is 0 Å². The number of rotatable bonds is 3. The Kier molecular flexibility index (Phi) is 5.33. The predicted molar refractivity (Wildman–Crippen MR) is 50.4 cm³/mol. The topological polar surface area (TPSA) is 46.5 Å². The first-order chi connectivity index (χ1) is 5.45. The second-order valence-electron chi connectivity index (χ2n) is 3.39. The first-order valence-corrected chi connectivity index (χ1v) is 4.91. The Bertz CT molecular complexity index is 140. The van der Waals surface area contributed by atoms with Crippen LogP contribution in [0.4, 0.5) is 4.79 Å². The molecule has 0 aliphatic heterocycles. The molecule has 0 fully saturated rings. The maximum atomic E-state index is 11.0. The van der Waals surface area contributed by atoms with Crippen molar-refractivity contribution < 1.29 is 14.6 Å². The van der Waals surface area contributed by atoms with Crippen molar-refractivity contribution in [1.29, 1.82) is 0 Å². The van der Waals surface area contributed by atoms with Crippen LogP contribution in [0.2, 0.25) is 0 Å². The van der Waals surface area contributed by atoms with E-state index in [2.05, 4.69) is 0 Å². The first-order valence-electron chi connectivity index (χ1n) is 3.92. The minimum absolute atomic E-state index is 0.121. The SMILES string of the molecule is CC(C)(C)OC(=O)SCCCO. The molecule has 1 N–H and O–H groups in total. The third-order valence-electron chi connectivity index (χ3n) is 0.912.